The number of rotatable bonds is 0. The van der Waals surface area contributed by atoms with Gasteiger partial charge >= 0.3 is 0 Å². The van der Waals surface area contributed by atoms with Crippen LogP contribution in [0.2, 0.25) is 5.02 Å². The van der Waals surface area contributed by atoms with Crippen molar-refractivity contribution in [2.75, 3.05) is 18.5 Å². The van der Waals surface area contributed by atoms with E-state index in [0.717, 1.165) is 18.5 Å². The van der Waals surface area contributed by atoms with Crippen LogP contribution < -0.4 is 10.3 Å². The molecule has 1 aromatic carbocycles. The maximum Gasteiger partial charge on any atom is 0.203 e. The predicted molar refractivity (Wildman–Crippen MR) is 64.5 cm³/mol. The van der Waals surface area contributed by atoms with E-state index in [1.807, 2.05) is 11.9 Å². The Bertz CT molecular complexity index is 633. The van der Waals surface area contributed by atoms with Crippen molar-refractivity contribution < 1.29 is 4.42 Å². The lowest BCUT2D eigenvalue weighted by atomic mass is 10.1. The van der Waals surface area contributed by atoms with E-state index in [9.17, 15) is 4.79 Å². The lowest BCUT2D eigenvalue weighted by Gasteiger charge is -2.10. The average molecular weight is 236 g/mol. The van der Waals surface area contributed by atoms with E-state index < -0.39 is 0 Å². The molecule has 1 aromatic heterocycles. The maximum atomic E-state index is 12.1. The summed E-state index contributed by atoms with van der Waals surface area (Å²) in [6.07, 6.45) is 0.757. The lowest BCUT2D eigenvalue weighted by Crippen LogP contribution is -2.12. The summed E-state index contributed by atoms with van der Waals surface area (Å²) < 4.78 is 5.72. The molecule has 2 aromatic rings. The fraction of sp³-hybridized carbons (Fsp3) is 0.250. The number of hydrogen-bond donors (Lipinski definition) is 0. The second kappa shape index (κ2) is 3.25. The summed E-state index contributed by atoms with van der Waals surface area (Å²) in [7, 11) is 1.92. The highest BCUT2D eigenvalue weighted by Gasteiger charge is 2.23. The standard InChI is InChI=1S/C12H10ClNO2/c1-14-5-4-9-11(15)8-3-2-7(13)6-10(8)16-12(9)14/h2-3,6H,4-5H2,1H3. The predicted octanol–water partition coefficient (Wildman–Crippen LogP) is 2.44. The van der Waals surface area contributed by atoms with Gasteiger partial charge in [0.1, 0.15) is 5.58 Å². The number of anilines is 1. The van der Waals surface area contributed by atoms with Gasteiger partial charge in [-0.25, -0.2) is 0 Å². The quantitative estimate of drug-likeness (QED) is 0.703. The highest BCUT2D eigenvalue weighted by molar-refractivity contribution is 6.31. The minimum atomic E-state index is 0.0669. The molecule has 0 atom stereocenters. The van der Waals surface area contributed by atoms with E-state index in [4.69, 9.17) is 16.0 Å². The fourth-order valence-electron chi connectivity index (χ4n) is 2.10. The normalized spacial score (nSPS) is 14.5. The summed E-state index contributed by atoms with van der Waals surface area (Å²) in [6, 6.07) is 5.12. The van der Waals surface area contributed by atoms with Crippen LogP contribution in [0, 0.1) is 0 Å². The first-order valence-corrected chi connectivity index (χ1v) is 5.51. The first-order valence-electron chi connectivity index (χ1n) is 5.13. The number of benzene rings is 1. The topological polar surface area (TPSA) is 33.5 Å². The molecule has 0 unspecified atom stereocenters. The van der Waals surface area contributed by atoms with Gasteiger partial charge in [-0.3, -0.25) is 4.79 Å². The Hall–Kier alpha value is -1.48. The highest BCUT2D eigenvalue weighted by Crippen LogP contribution is 2.28. The molecule has 2 heterocycles. The van der Waals surface area contributed by atoms with Crippen molar-refractivity contribution in [2.45, 2.75) is 6.42 Å². The highest BCUT2D eigenvalue weighted by atomic mass is 35.5. The van der Waals surface area contributed by atoms with Gasteiger partial charge in [0.2, 0.25) is 5.88 Å². The summed E-state index contributed by atoms with van der Waals surface area (Å²) in [6.45, 7) is 0.831. The average Bonchev–Trinajstić information content (AvgIpc) is 2.61. The third-order valence-electron chi connectivity index (χ3n) is 2.97. The van der Waals surface area contributed by atoms with Crippen LogP contribution in [0.3, 0.4) is 0 Å². The first kappa shape index (κ1) is 9.73. The van der Waals surface area contributed by atoms with E-state index in [0.29, 0.717) is 21.9 Å². The molecule has 0 aliphatic carbocycles. The Morgan fingerprint density at radius 2 is 2.25 bits per heavy atom. The third-order valence-corrected chi connectivity index (χ3v) is 3.21. The molecule has 16 heavy (non-hydrogen) atoms. The molecule has 82 valence electrons. The smallest absolute Gasteiger partial charge is 0.203 e. The number of hydrogen-bond acceptors (Lipinski definition) is 3. The van der Waals surface area contributed by atoms with Gasteiger partial charge < -0.3 is 9.32 Å². The molecule has 0 saturated heterocycles. The number of likely N-dealkylation sites (N-methyl/N-ethyl adjacent to an activating group) is 1. The van der Waals surface area contributed by atoms with Gasteiger partial charge in [0.25, 0.3) is 0 Å². The molecule has 3 nitrogen and oxygen atoms in total. The van der Waals surface area contributed by atoms with Crippen LogP contribution in [0.1, 0.15) is 5.56 Å². The monoisotopic (exact) mass is 235 g/mol. The zero-order valence-electron chi connectivity index (χ0n) is 8.79. The van der Waals surface area contributed by atoms with E-state index in [1.54, 1.807) is 18.2 Å². The van der Waals surface area contributed by atoms with Gasteiger partial charge in [-0.1, -0.05) is 11.6 Å². The van der Waals surface area contributed by atoms with Crippen LogP contribution in [0.4, 0.5) is 5.88 Å². The van der Waals surface area contributed by atoms with E-state index in [1.165, 1.54) is 0 Å². The van der Waals surface area contributed by atoms with Crippen LogP contribution in [0.25, 0.3) is 11.0 Å². The largest absolute Gasteiger partial charge is 0.440 e. The molecule has 0 amide bonds. The van der Waals surface area contributed by atoms with Crippen molar-refractivity contribution in [2.24, 2.45) is 0 Å². The SMILES string of the molecule is CN1CCc2c1oc1cc(Cl)ccc1c2=O. The first-order chi connectivity index (χ1) is 7.66. The molecule has 0 bridgehead atoms. The molecule has 1 aliphatic rings. The third kappa shape index (κ3) is 1.25. The summed E-state index contributed by atoms with van der Waals surface area (Å²) >= 11 is 5.88. The van der Waals surface area contributed by atoms with Gasteiger partial charge in [0.05, 0.1) is 10.9 Å². The van der Waals surface area contributed by atoms with Crippen LogP contribution >= 0.6 is 11.6 Å². The molecular weight excluding hydrogens is 226 g/mol. The van der Waals surface area contributed by atoms with E-state index in [2.05, 4.69) is 0 Å². The molecule has 1 aliphatic heterocycles. The summed E-state index contributed by atoms with van der Waals surface area (Å²) in [5.74, 6) is 0.680. The lowest BCUT2D eigenvalue weighted by molar-refractivity contribution is 0.599. The summed E-state index contributed by atoms with van der Waals surface area (Å²) in [4.78, 5) is 14.1. The van der Waals surface area contributed by atoms with Gasteiger partial charge in [-0.2, -0.15) is 0 Å². The van der Waals surface area contributed by atoms with Crippen LogP contribution in [0.5, 0.6) is 0 Å². The van der Waals surface area contributed by atoms with Crippen molar-refractivity contribution in [1.82, 2.24) is 0 Å². The number of halogens is 1. The van der Waals surface area contributed by atoms with Crippen LogP contribution in [-0.2, 0) is 6.42 Å². The van der Waals surface area contributed by atoms with E-state index >= 15 is 0 Å². The molecular formula is C12H10ClNO2. The molecule has 0 radical (unpaired) electrons. The van der Waals surface area contributed by atoms with Crippen molar-refractivity contribution in [3.8, 4) is 0 Å². The zero-order chi connectivity index (χ0) is 11.3. The van der Waals surface area contributed by atoms with Gasteiger partial charge in [-0.15, -0.1) is 0 Å². The zero-order valence-corrected chi connectivity index (χ0v) is 9.54. The van der Waals surface area contributed by atoms with E-state index in [-0.39, 0.29) is 5.43 Å². The van der Waals surface area contributed by atoms with Gasteiger partial charge in [0, 0.05) is 24.7 Å². The fourth-order valence-corrected chi connectivity index (χ4v) is 2.27. The van der Waals surface area contributed by atoms with Crippen LogP contribution in [-0.4, -0.2) is 13.6 Å². The summed E-state index contributed by atoms with van der Waals surface area (Å²) in [5, 5.41) is 1.19. The Morgan fingerprint density at radius 1 is 1.44 bits per heavy atom. The Kier molecular flexibility index (Phi) is 1.98. The van der Waals surface area contributed by atoms with Crippen molar-refractivity contribution in [1.29, 1.82) is 0 Å². The number of nitrogens with zero attached hydrogens (tertiary/aromatic N) is 1. The molecule has 0 saturated carbocycles. The van der Waals surface area contributed by atoms with Gasteiger partial charge in [0.15, 0.2) is 5.43 Å². The van der Waals surface area contributed by atoms with Crippen molar-refractivity contribution >= 4 is 28.5 Å². The molecule has 4 heteroatoms. The van der Waals surface area contributed by atoms with Gasteiger partial charge in [-0.05, 0) is 18.6 Å². The van der Waals surface area contributed by atoms with Crippen molar-refractivity contribution in [3.63, 3.8) is 0 Å². The minimum Gasteiger partial charge on any atom is -0.440 e. The Labute approximate surface area is 97.2 Å². The summed E-state index contributed by atoms with van der Waals surface area (Å²) in [5.41, 5.74) is 1.40. The molecule has 0 spiro atoms. The number of fused-ring (bicyclic) bond motifs is 2. The molecule has 0 N–H and O–H groups in total. The molecule has 0 fully saturated rings. The van der Waals surface area contributed by atoms with Crippen molar-refractivity contribution in [3.05, 3.63) is 39.0 Å². The minimum absolute atomic E-state index is 0.0669. The Morgan fingerprint density at radius 3 is 3.06 bits per heavy atom. The Balaban J connectivity index is 2.44. The second-order valence-corrected chi connectivity index (χ2v) is 4.46. The van der Waals surface area contributed by atoms with Crippen LogP contribution in [0.15, 0.2) is 27.4 Å². The molecule has 3 rings (SSSR count). The second-order valence-electron chi connectivity index (χ2n) is 4.03. The maximum absolute atomic E-state index is 12.1.